The van der Waals surface area contributed by atoms with Crippen molar-refractivity contribution in [1.29, 1.82) is 0 Å². The average Bonchev–Trinajstić information content (AvgIpc) is 2.47. The van der Waals surface area contributed by atoms with Crippen molar-refractivity contribution in [3.05, 3.63) is 58.6 Å². The van der Waals surface area contributed by atoms with Crippen LogP contribution in [0.3, 0.4) is 0 Å². The van der Waals surface area contributed by atoms with Gasteiger partial charge >= 0.3 is 0 Å². The molecule has 2 aromatic rings. The van der Waals surface area contributed by atoms with Crippen LogP contribution >= 0.6 is 15.9 Å². The monoisotopic (exact) mass is 368 g/mol. The molecular formula is C15H13BrO4S. The molecule has 0 saturated carbocycles. The third-order valence-corrected chi connectivity index (χ3v) is 5.07. The zero-order valence-corrected chi connectivity index (χ0v) is 13.6. The Morgan fingerprint density at radius 2 is 1.62 bits per heavy atom. The highest BCUT2D eigenvalue weighted by atomic mass is 79.9. The van der Waals surface area contributed by atoms with Gasteiger partial charge in [-0.25, -0.2) is 8.42 Å². The molecule has 110 valence electrons. The summed E-state index contributed by atoms with van der Waals surface area (Å²) in [5.41, 5.74) is 0.344. The van der Waals surface area contributed by atoms with Crippen LogP contribution in [0.2, 0.25) is 0 Å². The highest BCUT2D eigenvalue weighted by molar-refractivity contribution is 9.10. The van der Waals surface area contributed by atoms with Crippen LogP contribution in [0.5, 0.6) is 5.75 Å². The lowest BCUT2D eigenvalue weighted by atomic mass is 10.1. The Bertz CT molecular complexity index is 734. The number of carbonyl (C=O) groups is 1. The molecule has 0 amide bonds. The van der Waals surface area contributed by atoms with Gasteiger partial charge in [0, 0.05) is 10.0 Å². The van der Waals surface area contributed by atoms with E-state index in [0.29, 0.717) is 11.3 Å². The SMILES string of the molecule is COc1ccc(C(=O)CS(=O)(=O)c2ccc(Br)cc2)cc1. The largest absolute Gasteiger partial charge is 0.497 e. The second kappa shape index (κ2) is 6.41. The number of methoxy groups -OCH3 is 1. The fourth-order valence-corrected chi connectivity index (χ4v) is 3.25. The maximum absolute atomic E-state index is 12.2. The van der Waals surface area contributed by atoms with Crippen molar-refractivity contribution in [1.82, 2.24) is 0 Å². The number of hydrogen-bond donors (Lipinski definition) is 0. The van der Waals surface area contributed by atoms with E-state index in [2.05, 4.69) is 15.9 Å². The number of halogens is 1. The quantitative estimate of drug-likeness (QED) is 0.760. The topological polar surface area (TPSA) is 60.4 Å². The van der Waals surface area contributed by atoms with Crippen LogP contribution in [-0.4, -0.2) is 27.1 Å². The first-order chi connectivity index (χ1) is 9.92. The molecule has 0 fully saturated rings. The van der Waals surface area contributed by atoms with Crippen LogP contribution in [0, 0.1) is 0 Å². The summed E-state index contributed by atoms with van der Waals surface area (Å²) in [7, 11) is -2.12. The van der Waals surface area contributed by atoms with Gasteiger partial charge in [-0.3, -0.25) is 4.79 Å². The third kappa shape index (κ3) is 3.92. The molecule has 0 saturated heterocycles. The summed E-state index contributed by atoms with van der Waals surface area (Å²) in [5, 5.41) is 0. The summed E-state index contributed by atoms with van der Waals surface area (Å²) in [6.07, 6.45) is 0. The fraction of sp³-hybridized carbons (Fsp3) is 0.133. The summed E-state index contributed by atoms with van der Waals surface area (Å²) < 4.78 is 30.2. The molecule has 0 aliphatic carbocycles. The number of ether oxygens (including phenoxy) is 1. The van der Waals surface area contributed by atoms with Crippen molar-refractivity contribution in [2.24, 2.45) is 0 Å². The van der Waals surface area contributed by atoms with Gasteiger partial charge < -0.3 is 4.74 Å². The normalized spacial score (nSPS) is 11.1. The lowest BCUT2D eigenvalue weighted by Gasteiger charge is -2.05. The van der Waals surface area contributed by atoms with E-state index in [1.54, 1.807) is 36.4 Å². The molecule has 0 bridgehead atoms. The summed E-state index contributed by atoms with van der Waals surface area (Å²) in [4.78, 5) is 12.2. The standard InChI is InChI=1S/C15H13BrO4S/c1-20-13-6-2-11(3-7-13)15(17)10-21(18,19)14-8-4-12(16)5-9-14/h2-9H,10H2,1H3. The van der Waals surface area contributed by atoms with Crippen molar-refractivity contribution in [3.8, 4) is 5.75 Å². The lowest BCUT2D eigenvalue weighted by molar-refractivity contribution is 0.102. The van der Waals surface area contributed by atoms with E-state index in [-0.39, 0.29) is 4.90 Å². The second-order valence-corrected chi connectivity index (χ2v) is 7.27. The van der Waals surface area contributed by atoms with Crippen LogP contribution < -0.4 is 4.74 Å². The van der Waals surface area contributed by atoms with Crippen LogP contribution in [0.1, 0.15) is 10.4 Å². The molecule has 0 atom stereocenters. The predicted molar refractivity (Wildman–Crippen MR) is 83.5 cm³/mol. The van der Waals surface area contributed by atoms with Crippen LogP contribution in [0.25, 0.3) is 0 Å². The third-order valence-electron chi connectivity index (χ3n) is 2.91. The first-order valence-electron chi connectivity index (χ1n) is 6.08. The van der Waals surface area contributed by atoms with Crippen molar-refractivity contribution >= 4 is 31.6 Å². The minimum Gasteiger partial charge on any atom is -0.497 e. The number of sulfone groups is 1. The Morgan fingerprint density at radius 3 is 2.14 bits per heavy atom. The van der Waals surface area contributed by atoms with Gasteiger partial charge in [-0.05, 0) is 48.5 Å². The minimum atomic E-state index is -3.64. The van der Waals surface area contributed by atoms with Gasteiger partial charge in [0.25, 0.3) is 0 Å². The van der Waals surface area contributed by atoms with E-state index < -0.39 is 21.4 Å². The van der Waals surface area contributed by atoms with Gasteiger partial charge in [-0.15, -0.1) is 0 Å². The minimum absolute atomic E-state index is 0.132. The summed E-state index contributed by atoms with van der Waals surface area (Å²) >= 11 is 3.24. The smallest absolute Gasteiger partial charge is 0.185 e. The Balaban J connectivity index is 2.19. The number of Topliss-reactive ketones (excluding diaryl/α,β-unsaturated/α-hetero) is 1. The number of carbonyl (C=O) groups excluding carboxylic acids is 1. The number of hydrogen-bond acceptors (Lipinski definition) is 4. The van der Waals surface area contributed by atoms with Crippen LogP contribution in [-0.2, 0) is 9.84 Å². The second-order valence-electron chi connectivity index (χ2n) is 4.36. The van der Waals surface area contributed by atoms with Crippen LogP contribution in [0.15, 0.2) is 57.9 Å². The zero-order chi connectivity index (χ0) is 15.5. The first-order valence-corrected chi connectivity index (χ1v) is 8.52. The molecule has 0 heterocycles. The molecular weight excluding hydrogens is 356 g/mol. The molecule has 0 aliphatic rings. The summed E-state index contributed by atoms with van der Waals surface area (Å²) in [6, 6.07) is 12.6. The molecule has 4 nitrogen and oxygen atoms in total. The molecule has 0 aliphatic heterocycles. The maximum atomic E-state index is 12.2. The predicted octanol–water partition coefficient (Wildman–Crippen LogP) is 3.11. The molecule has 2 rings (SSSR count). The Hall–Kier alpha value is -1.66. The van der Waals surface area contributed by atoms with E-state index in [1.807, 2.05) is 0 Å². The van der Waals surface area contributed by atoms with Gasteiger partial charge in [0.05, 0.1) is 12.0 Å². The highest BCUT2D eigenvalue weighted by Crippen LogP contribution is 2.18. The van der Waals surface area contributed by atoms with Gasteiger partial charge in [0.15, 0.2) is 15.6 Å². The summed E-state index contributed by atoms with van der Waals surface area (Å²) in [6.45, 7) is 0. The highest BCUT2D eigenvalue weighted by Gasteiger charge is 2.20. The fourth-order valence-electron chi connectivity index (χ4n) is 1.76. The lowest BCUT2D eigenvalue weighted by Crippen LogP contribution is -2.16. The van der Waals surface area contributed by atoms with E-state index in [1.165, 1.54) is 19.2 Å². The number of ketones is 1. The van der Waals surface area contributed by atoms with Crippen molar-refractivity contribution in [2.75, 3.05) is 12.9 Å². The molecule has 0 aromatic heterocycles. The Kier molecular flexibility index (Phi) is 4.80. The van der Waals surface area contributed by atoms with E-state index in [9.17, 15) is 13.2 Å². The Labute approximate surface area is 131 Å². The maximum Gasteiger partial charge on any atom is 0.185 e. The molecule has 0 radical (unpaired) electrons. The van der Waals surface area contributed by atoms with Crippen molar-refractivity contribution < 1.29 is 17.9 Å². The number of benzene rings is 2. The van der Waals surface area contributed by atoms with E-state index in [4.69, 9.17) is 4.74 Å². The molecule has 0 spiro atoms. The zero-order valence-electron chi connectivity index (χ0n) is 11.2. The molecule has 21 heavy (non-hydrogen) atoms. The molecule has 6 heteroatoms. The van der Waals surface area contributed by atoms with E-state index >= 15 is 0 Å². The van der Waals surface area contributed by atoms with Crippen molar-refractivity contribution in [3.63, 3.8) is 0 Å². The van der Waals surface area contributed by atoms with Gasteiger partial charge in [0.2, 0.25) is 0 Å². The van der Waals surface area contributed by atoms with E-state index in [0.717, 1.165) is 4.47 Å². The Morgan fingerprint density at radius 1 is 1.05 bits per heavy atom. The average molecular weight is 369 g/mol. The van der Waals surface area contributed by atoms with Gasteiger partial charge in [-0.1, -0.05) is 15.9 Å². The molecule has 0 unspecified atom stereocenters. The van der Waals surface area contributed by atoms with Crippen LogP contribution in [0.4, 0.5) is 0 Å². The van der Waals surface area contributed by atoms with Gasteiger partial charge in [-0.2, -0.15) is 0 Å². The first kappa shape index (κ1) is 15.7. The van der Waals surface area contributed by atoms with Gasteiger partial charge in [0.1, 0.15) is 11.5 Å². The number of rotatable bonds is 5. The van der Waals surface area contributed by atoms with Crippen molar-refractivity contribution in [2.45, 2.75) is 4.90 Å². The molecule has 0 N–H and O–H groups in total. The summed E-state index contributed by atoms with van der Waals surface area (Å²) in [5.74, 6) is -0.385. The molecule has 2 aromatic carbocycles.